The highest BCUT2D eigenvalue weighted by atomic mass is 16.6. The van der Waals surface area contributed by atoms with E-state index in [1.165, 1.54) is 68.2 Å². The summed E-state index contributed by atoms with van der Waals surface area (Å²) in [5, 5.41) is 11.6. The Morgan fingerprint density at radius 3 is 2.20 bits per heavy atom. The van der Waals surface area contributed by atoms with Crippen LogP contribution in [-0.4, -0.2) is 36.0 Å². The van der Waals surface area contributed by atoms with E-state index in [4.69, 9.17) is 9.47 Å². The molecule has 6 heteroatoms. The Balaban J connectivity index is 1.79. The number of nitro groups is 1. The summed E-state index contributed by atoms with van der Waals surface area (Å²) in [6, 6.07) is 11.3. The van der Waals surface area contributed by atoms with E-state index in [2.05, 4.69) is 23.6 Å². The number of nitro benzene ring substituents is 1. The third-order valence-corrected chi connectivity index (χ3v) is 7.02. The highest BCUT2D eigenvalue weighted by Gasteiger charge is 2.29. The molecule has 0 bridgehead atoms. The molecule has 35 heavy (non-hydrogen) atoms. The number of benzene rings is 2. The van der Waals surface area contributed by atoms with E-state index in [1.54, 1.807) is 26.4 Å². The van der Waals surface area contributed by atoms with Gasteiger partial charge < -0.3 is 9.47 Å². The molecule has 0 N–H and O–H groups in total. The van der Waals surface area contributed by atoms with Crippen molar-refractivity contribution >= 4 is 11.4 Å². The molecule has 0 atom stereocenters. The van der Waals surface area contributed by atoms with Gasteiger partial charge in [-0.3, -0.25) is 10.1 Å². The first-order valence-electron chi connectivity index (χ1n) is 13.2. The van der Waals surface area contributed by atoms with Crippen molar-refractivity contribution < 1.29 is 19.0 Å². The van der Waals surface area contributed by atoms with Gasteiger partial charge in [-0.1, -0.05) is 70.4 Å². The van der Waals surface area contributed by atoms with E-state index >= 15 is 0 Å². The predicted molar refractivity (Wildman–Crippen MR) is 141 cm³/mol. The van der Waals surface area contributed by atoms with Gasteiger partial charge in [0.1, 0.15) is 6.54 Å². The summed E-state index contributed by atoms with van der Waals surface area (Å²) in [6.45, 7) is 3.63. The standard InChI is InChI=1S/C29H41N2O4/c1-4-5-6-7-8-9-10-11-12-17-27-25-21-29(35-3)28(34-2)20-23(25)18-19-30(27)22-24-15-13-14-16-26(24)31(32)33/h13-16,20-21H,4-12,17-19,22H2,1-3H3/q+1. The van der Waals surface area contributed by atoms with E-state index in [0.717, 1.165) is 42.9 Å². The molecule has 190 valence electrons. The fourth-order valence-electron chi connectivity index (χ4n) is 5.06. The van der Waals surface area contributed by atoms with Gasteiger partial charge in [-0.15, -0.1) is 0 Å². The largest absolute Gasteiger partial charge is 0.493 e. The molecule has 0 amide bonds. The van der Waals surface area contributed by atoms with Crippen molar-refractivity contribution in [3.05, 3.63) is 63.2 Å². The van der Waals surface area contributed by atoms with Crippen molar-refractivity contribution in [2.45, 2.75) is 84.1 Å². The van der Waals surface area contributed by atoms with Crippen LogP contribution in [0.5, 0.6) is 11.5 Å². The number of hydrogen-bond donors (Lipinski definition) is 0. The van der Waals surface area contributed by atoms with Gasteiger partial charge in [0.2, 0.25) is 0 Å². The molecule has 0 spiro atoms. The molecule has 1 heterocycles. The molecule has 1 aliphatic rings. The molecule has 2 aromatic rings. The molecule has 0 aromatic heterocycles. The van der Waals surface area contributed by atoms with E-state index in [-0.39, 0.29) is 10.6 Å². The second kappa shape index (κ2) is 13.9. The van der Waals surface area contributed by atoms with Crippen LogP contribution in [0.2, 0.25) is 0 Å². The maximum Gasteiger partial charge on any atom is 0.278 e. The van der Waals surface area contributed by atoms with Gasteiger partial charge in [-0.25, -0.2) is 4.58 Å². The second-order valence-electron chi connectivity index (χ2n) is 9.45. The summed E-state index contributed by atoms with van der Waals surface area (Å²) < 4.78 is 13.5. The number of unbranched alkanes of at least 4 members (excludes halogenated alkanes) is 8. The van der Waals surface area contributed by atoms with Crippen LogP contribution in [0.25, 0.3) is 0 Å². The highest BCUT2D eigenvalue weighted by molar-refractivity contribution is 5.99. The van der Waals surface area contributed by atoms with Crippen molar-refractivity contribution in [1.82, 2.24) is 0 Å². The third kappa shape index (κ3) is 7.30. The zero-order valence-corrected chi connectivity index (χ0v) is 21.7. The molecular weight excluding hydrogens is 440 g/mol. The number of methoxy groups -OCH3 is 2. The van der Waals surface area contributed by atoms with Crippen molar-refractivity contribution in [3.63, 3.8) is 0 Å². The lowest BCUT2D eigenvalue weighted by molar-refractivity contribution is -0.546. The summed E-state index contributed by atoms with van der Waals surface area (Å²) in [7, 11) is 3.33. The lowest BCUT2D eigenvalue weighted by atomic mass is 9.92. The predicted octanol–water partition coefficient (Wildman–Crippen LogP) is 7.09. The molecule has 0 saturated heterocycles. The number of nitrogens with zero attached hydrogens (tertiary/aromatic N) is 2. The van der Waals surface area contributed by atoms with Gasteiger partial charge >= 0.3 is 0 Å². The molecule has 0 unspecified atom stereocenters. The summed E-state index contributed by atoms with van der Waals surface area (Å²) in [5.41, 5.74) is 4.65. The third-order valence-electron chi connectivity index (χ3n) is 7.02. The molecule has 2 aromatic carbocycles. The van der Waals surface area contributed by atoms with Crippen LogP contribution in [0, 0.1) is 10.1 Å². The minimum atomic E-state index is -0.276. The number of rotatable bonds is 15. The van der Waals surface area contributed by atoms with E-state index in [9.17, 15) is 10.1 Å². The Labute approximate surface area is 210 Å². The normalized spacial score (nSPS) is 13.0. The van der Waals surface area contributed by atoms with Crippen LogP contribution < -0.4 is 9.47 Å². The first kappa shape index (κ1) is 26.7. The van der Waals surface area contributed by atoms with Crippen LogP contribution in [0.1, 0.15) is 87.8 Å². The van der Waals surface area contributed by atoms with Gasteiger partial charge in [0.25, 0.3) is 5.69 Å². The number of fused-ring (bicyclic) bond motifs is 1. The molecule has 1 aliphatic heterocycles. The van der Waals surface area contributed by atoms with Crippen molar-refractivity contribution in [2.75, 3.05) is 20.8 Å². The molecule has 6 nitrogen and oxygen atoms in total. The Hall–Kier alpha value is -2.89. The Kier molecular flexibility index (Phi) is 10.6. The molecule has 0 saturated carbocycles. The van der Waals surface area contributed by atoms with E-state index in [1.807, 2.05) is 12.1 Å². The molecular formula is C29H41N2O4+. The number of para-hydroxylation sites is 1. The van der Waals surface area contributed by atoms with Gasteiger partial charge in [-0.05, 0) is 30.2 Å². The fourth-order valence-corrected chi connectivity index (χ4v) is 5.06. The average molecular weight is 482 g/mol. The highest BCUT2D eigenvalue weighted by Crippen LogP contribution is 2.34. The summed E-state index contributed by atoms with van der Waals surface area (Å²) in [6.07, 6.45) is 13.4. The van der Waals surface area contributed by atoms with Crippen LogP contribution >= 0.6 is 0 Å². The molecule has 0 aliphatic carbocycles. The Morgan fingerprint density at radius 2 is 1.54 bits per heavy atom. The fraction of sp³-hybridized carbons (Fsp3) is 0.552. The first-order chi connectivity index (χ1) is 17.1. The molecule has 3 rings (SSSR count). The average Bonchev–Trinajstić information content (AvgIpc) is 2.87. The van der Waals surface area contributed by atoms with Gasteiger partial charge in [0.05, 0.1) is 24.7 Å². The zero-order chi connectivity index (χ0) is 25.0. The molecule has 0 radical (unpaired) electrons. The molecule has 0 fully saturated rings. The van der Waals surface area contributed by atoms with Gasteiger partial charge in [-0.2, -0.15) is 0 Å². The van der Waals surface area contributed by atoms with Crippen molar-refractivity contribution in [2.24, 2.45) is 0 Å². The van der Waals surface area contributed by atoms with Gasteiger partial charge in [0, 0.05) is 24.5 Å². The smallest absolute Gasteiger partial charge is 0.278 e. The lowest BCUT2D eigenvalue weighted by Gasteiger charge is -2.21. The summed E-state index contributed by atoms with van der Waals surface area (Å²) >= 11 is 0. The second-order valence-corrected chi connectivity index (χ2v) is 9.45. The topological polar surface area (TPSA) is 64.6 Å². The van der Waals surface area contributed by atoms with Crippen molar-refractivity contribution in [3.8, 4) is 11.5 Å². The van der Waals surface area contributed by atoms with Crippen LogP contribution in [0.15, 0.2) is 36.4 Å². The minimum absolute atomic E-state index is 0.188. The SMILES string of the molecule is CCCCCCCCCCCC1=[N+](Cc2ccccc2[N+](=O)[O-])CCc2cc(OC)c(OC)cc21. The van der Waals surface area contributed by atoms with Crippen LogP contribution in [0.4, 0.5) is 5.69 Å². The minimum Gasteiger partial charge on any atom is -0.493 e. The van der Waals surface area contributed by atoms with Gasteiger partial charge in [0.15, 0.2) is 23.8 Å². The Morgan fingerprint density at radius 1 is 0.914 bits per heavy atom. The number of ether oxygens (including phenoxy) is 2. The van der Waals surface area contributed by atoms with E-state index in [0.29, 0.717) is 6.54 Å². The lowest BCUT2D eigenvalue weighted by Crippen LogP contribution is -2.30. The van der Waals surface area contributed by atoms with Crippen LogP contribution in [-0.2, 0) is 13.0 Å². The monoisotopic (exact) mass is 481 g/mol. The summed E-state index contributed by atoms with van der Waals surface area (Å²) in [4.78, 5) is 11.3. The maximum absolute atomic E-state index is 11.6. The van der Waals surface area contributed by atoms with Crippen molar-refractivity contribution in [1.29, 1.82) is 0 Å². The zero-order valence-electron chi connectivity index (χ0n) is 21.7. The Bertz CT molecular complexity index is 1020. The first-order valence-corrected chi connectivity index (χ1v) is 13.2. The number of hydrogen-bond acceptors (Lipinski definition) is 4. The van der Waals surface area contributed by atoms with E-state index < -0.39 is 0 Å². The maximum atomic E-state index is 11.6. The summed E-state index contributed by atoms with van der Waals surface area (Å²) in [5.74, 6) is 1.48. The quantitative estimate of drug-likeness (QED) is 0.118. The van der Waals surface area contributed by atoms with Crippen LogP contribution in [0.3, 0.4) is 0 Å².